The highest BCUT2D eigenvalue weighted by molar-refractivity contribution is 7.88. The van der Waals surface area contributed by atoms with Crippen molar-refractivity contribution in [2.24, 2.45) is 0 Å². The van der Waals surface area contributed by atoms with Crippen molar-refractivity contribution in [1.29, 1.82) is 0 Å². The molecule has 6 nitrogen and oxygen atoms in total. The standard InChI is InChI=1S/C16H24ClN3O3S/c1-19-9-7-14(8-10-19)18-16(21)12-20(24(2,22)23)11-13-5-3-4-6-15(13)17/h3-6,14H,7-12H2,1-2H3,(H,18,21). The topological polar surface area (TPSA) is 69.7 Å². The average Bonchev–Trinajstić information content (AvgIpc) is 2.50. The second-order valence-corrected chi connectivity index (χ2v) is 8.66. The van der Waals surface area contributed by atoms with Gasteiger partial charge in [0.05, 0.1) is 12.8 Å². The minimum Gasteiger partial charge on any atom is -0.352 e. The minimum atomic E-state index is -3.52. The van der Waals surface area contributed by atoms with E-state index in [0.717, 1.165) is 36.5 Å². The van der Waals surface area contributed by atoms with Gasteiger partial charge in [0.2, 0.25) is 15.9 Å². The van der Waals surface area contributed by atoms with Crippen molar-refractivity contribution in [3.05, 3.63) is 34.9 Å². The highest BCUT2D eigenvalue weighted by Crippen LogP contribution is 2.18. The molecule has 1 saturated heterocycles. The van der Waals surface area contributed by atoms with Crippen molar-refractivity contribution in [2.45, 2.75) is 25.4 Å². The zero-order valence-corrected chi connectivity index (χ0v) is 15.6. The first-order valence-electron chi connectivity index (χ1n) is 7.92. The fraction of sp³-hybridized carbons (Fsp3) is 0.562. The number of likely N-dealkylation sites (tertiary alicyclic amines) is 1. The molecule has 1 aliphatic heterocycles. The third kappa shape index (κ3) is 5.73. The maximum Gasteiger partial charge on any atom is 0.235 e. The average molecular weight is 374 g/mol. The SMILES string of the molecule is CN1CCC(NC(=O)CN(Cc2ccccc2Cl)S(C)(=O)=O)CC1. The molecule has 24 heavy (non-hydrogen) atoms. The molecule has 0 saturated carbocycles. The number of nitrogens with zero attached hydrogens (tertiary/aromatic N) is 2. The molecule has 8 heteroatoms. The summed E-state index contributed by atoms with van der Waals surface area (Å²) in [4.78, 5) is 14.5. The summed E-state index contributed by atoms with van der Waals surface area (Å²) in [5, 5.41) is 3.43. The van der Waals surface area contributed by atoms with Gasteiger partial charge in [-0.2, -0.15) is 4.31 Å². The molecule has 1 fully saturated rings. The van der Waals surface area contributed by atoms with E-state index >= 15 is 0 Å². The molecule has 0 radical (unpaired) electrons. The van der Waals surface area contributed by atoms with Gasteiger partial charge < -0.3 is 10.2 Å². The van der Waals surface area contributed by atoms with Gasteiger partial charge in [0.25, 0.3) is 0 Å². The van der Waals surface area contributed by atoms with Crippen LogP contribution in [-0.2, 0) is 21.4 Å². The second kappa shape index (κ2) is 8.29. The Kier molecular flexibility index (Phi) is 6.62. The molecule has 0 aromatic heterocycles. The Balaban J connectivity index is 1.99. The van der Waals surface area contributed by atoms with E-state index in [4.69, 9.17) is 11.6 Å². The van der Waals surface area contributed by atoms with Crippen LogP contribution in [0, 0.1) is 0 Å². The fourth-order valence-electron chi connectivity index (χ4n) is 2.69. The summed E-state index contributed by atoms with van der Waals surface area (Å²) in [5.41, 5.74) is 0.677. The quantitative estimate of drug-likeness (QED) is 0.816. The van der Waals surface area contributed by atoms with E-state index in [9.17, 15) is 13.2 Å². The van der Waals surface area contributed by atoms with Crippen LogP contribution >= 0.6 is 11.6 Å². The highest BCUT2D eigenvalue weighted by Gasteiger charge is 2.24. The van der Waals surface area contributed by atoms with Gasteiger partial charge in [-0.25, -0.2) is 8.42 Å². The third-order valence-corrected chi connectivity index (χ3v) is 5.74. The number of sulfonamides is 1. The molecule has 0 spiro atoms. The van der Waals surface area contributed by atoms with E-state index in [-0.39, 0.29) is 25.0 Å². The van der Waals surface area contributed by atoms with Crippen LogP contribution in [0.5, 0.6) is 0 Å². The van der Waals surface area contributed by atoms with Crippen molar-refractivity contribution in [2.75, 3.05) is 32.9 Å². The van der Waals surface area contributed by atoms with Gasteiger partial charge >= 0.3 is 0 Å². The smallest absolute Gasteiger partial charge is 0.235 e. The van der Waals surface area contributed by atoms with Gasteiger partial charge in [0, 0.05) is 17.6 Å². The van der Waals surface area contributed by atoms with Crippen LogP contribution in [0.25, 0.3) is 0 Å². The predicted molar refractivity (Wildman–Crippen MR) is 95.4 cm³/mol. The Morgan fingerprint density at radius 2 is 1.96 bits per heavy atom. The van der Waals surface area contributed by atoms with E-state index in [2.05, 4.69) is 10.2 Å². The van der Waals surface area contributed by atoms with Crippen LogP contribution in [0.2, 0.25) is 5.02 Å². The molecule has 1 aromatic rings. The van der Waals surface area contributed by atoms with Gasteiger partial charge in [-0.1, -0.05) is 29.8 Å². The van der Waals surface area contributed by atoms with Gasteiger partial charge in [0.15, 0.2) is 0 Å². The molecule has 1 aliphatic rings. The minimum absolute atomic E-state index is 0.0827. The van der Waals surface area contributed by atoms with E-state index in [0.29, 0.717) is 10.6 Å². The monoisotopic (exact) mass is 373 g/mol. The number of hydrogen-bond donors (Lipinski definition) is 1. The third-order valence-electron chi connectivity index (χ3n) is 4.18. The Morgan fingerprint density at radius 3 is 2.54 bits per heavy atom. The van der Waals surface area contributed by atoms with Gasteiger partial charge in [-0.3, -0.25) is 4.79 Å². The van der Waals surface area contributed by atoms with E-state index in [1.54, 1.807) is 24.3 Å². The largest absolute Gasteiger partial charge is 0.352 e. The molecule has 0 bridgehead atoms. The highest BCUT2D eigenvalue weighted by atomic mass is 35.5. The van der Waals surface area contributed by atoms with Crippen molar-refractivity contribution in [3.8, 4) is 0 Å². The summed E-state index contributed by atoms with van der Waals surface area (Å²) in [5.74, 6) is -0.276. The number of carbonyl (C=O) groups is 1. The predicted octanol–water partition coefficient (Wildman–Crippen LogP) is 1.31. The van der Waals surface area contributed by atoms with Crippen LogP contribution in [0.15, 0.2) is 24.3 Å². The number of halogens is 1. The molecule has 1 aromatic carbocycles. The first kappa shape index (κ1) is 19.2. The lowest BCUT2D eigenvalue weighted by Crippen LogP contribution is -2.47. The Labute approximate surface area is 148 Å². The zero-order valence-electron chi connectivity index (χ0n) is 14.0. The maximum absolute atomic E-state index is 12.3. The van der Waals surface area contributed by atoms with Gasteiger partial charge in [-0.05, 0) is 44.6 Å². The lowest BCUT2D eigenvalue weighted by Gasteiger charge is -2.30. The lowest BCUT2D eigenvalue weighted by atomic mass is 10.1. The first-order chi connectivity index (χ1) is 11.3. The summed E-state index contributed by atoms with van der Waals surface area (Å²) in [7, 11) is -1.47. The number of benzene rings is 1. The van der Waals surface area contributed by atoms with Crippen LogP contribution in [0.4, 0.5) is 0 Å². The van der Waals surface area contributed by atoms with Gasteiger partial charge in [0.1, 0.15) is 0 Å². The maximum atomic E-state index is 12.3. The Morgan fingerprint density at radius 1 is 1.33 bits per heavy atom. The zero-order chi connectivity index (χ0) is 17.7. The molecule has 0 unspecified atom stereocenters. The molecule has 1 N–H and O–H groups in total. The Hall–Kier alpha value is -1.15. The van der Waals surface area contributed by atoms with Crippen molar-refractivity contribution in [3.63, 3.8) is 0 Å². The normalized spacial score (nSPS) is 17.2. The molecule has 0 aliphatic carbocycles. The molecule has 134 valence electrons. The summed E-state index contributed by atoms with van der Waals surface area (Å²) >= 11 is 6.10. The lowest BCUT2D eigenvalue weighted by molar-refractivity contribution is -0.122. The van der Waals surface area contributed by atoms with Crippen LogP contribution in [-0.4, -0.2) is 62.5 Å². The molecule has 2 rings (SSSR count). The summed E-state index contributed by atoms with van der Waals surface area (Å²) < 4.78 is 25.2. The van der Waals surface area contributed by atoms with Crippen molar-refractivity contribution < 1.29 is 13.2 Å². The van der Waals surface area contributed by atoms with Crippen molar-refractivity contribution >= 4 is 27.5 Å². The number of piperidine rings is 1. The number of hydrogen-bond acceptors (Lipinski definition) is 4. The van der Waals surface area contributed by atoms with Crippen LogP contribution in [0.3, 0.4) is 0 Å². The van der Waals surface area contributed by atoms with E-state index < -0.39 is 10.0 Å². The second-order valence-electron chi connectivity index (χ2n) is 6.27. The number of rotatable bonds is 6. The van der Waals surface area contributed by atoms with E-state index in [1.807, 2.05) is 7.05 Å². The number of carbonyl (C=O) groups excluding carboxylic acids is 1. The van der Waals surface area contributed by atoms with Gasteiger partial charge in [-0.15, -0.1) is 0 Å². The Bertz CT molecular complexity index is 673. The molecular formula is C16H24ClN3O3S. The summed E-state index contributed by atoms with van der Waals surface area (Å²) in [6.45, 7) is 1.75. The van der Waals surface area contributed by atoms with E-state index in [1.165, 1.54) is 0 Å². The number of amides is 1. The molecule has 1 amide bonds. The molecule has 1 heterocycles. The van der Waals surface area contributed by atoms with Crippen LogP contribution in [0.1, 0.15) is 18.4 Å². The fourth-order valence-corrected chi connectivity index (χ4v) is 3.61. The van der Waals surface area contributed by atoms with Crippen LogP contribution < -0.4 is 5.32 Å². The summed E-state index contributed by atoms with van der Waals surface area (Å²) in [6.07, 6.45) is 2.87. The molecular weight excluding hydrogens is 350 g/mol. The summed E-state index contributed by atoms with van der Waals surface area (Å²) in [6, 6.07) is 7.14. The number of nitrogens with one attached hydrogen (secondary N) is 1. The first-order valence-corrected chi connectivity index (χ1v) is 10.1. The molecule has 0 atom stereocenters. The van der Waals surface area contributed by atoms with Crippen molar-refractivity contribution in [1.82, 2.24) is 14.5 Å².